The van der Waals surface area contributed by atoms with Crippen molar-refractivity contribution >= 4 is 55.8 Å². The summed E-state index contributed by atoms with van der Waals surface area (Å²) in [7, 11) is 0. The first-order valence-electron chi connectivity index (χ1n) is 17.7. The summed E-state index contributed by atoms with van der Waals surface area (Å²) in [6.45, 7) is 0. The Hall–Kier alpha value is -6.97. The molecular formula is C49H33N3. The van der Waals surface area contributed by atoms with Gasteiger partial charge < -0.3 is 9.80 Å². The molecule has 3 nitrogen and oxygen atoms in total. The monoisotopic (exact) mass is 663 g/mol. The van der Waals surface area contributed by atoms with E-state index >= 15 is 0 Å². The maximum absolute atomic E-state index is 4.94. The van der Waals surface area contributed by atoms with Crippen LogP contribution in [0.1, 0.15) is 0 Å². The van der Waals surface area contributed by atoms with Crippen molar-refractivity contribution in [2.24, 2.45) is 0 Å². The number of pyridine rings is 1. The van der Waals surface area contributed by atoms with Gasteiger partial charge in [-0.2, -0.15) is 0 Å². The largest absolute Gasteiger partial charge is 0.306 e. The number of aromatic nitrogens is 1. The summed E-state index contributed by atoms with van der Waals surface area (Å²) in [5, 5.41) is 3.42. The van der Waals surface area contributed by atoms with Crippen LogP contribution in [-0.4, -0.2) is 4.98 Å². The first-order chi connectivity index (χ1) is 25.8. The maximum Gasteiger partial charge on any atom is 0.0801 e. The van der Waals surface area contributed by atoms with Crippen molar-refractivity contribution < 1.29 is 0 Å². The third-order valence-electron chi connectivity index (χ3n) is 10.2. The molecule has 0 unspecified atom stereocenters. The van der Waals surface area contributed by atoms with Crippen LogP contribution in [0.5, 0.6) is 0 Å². The van der Waals surface area contributed by atoms with Crippen LogP contribution in [0.4, 0.5) is 34.1 Å². The smallest absolute Gasteiger partial charge is 0.0801 e. The zero-order valence-electron chi connectivity index (χ0n) is 28.4. The number of benzene rings is 8. The molecule has 1 aliphatic heterocycles. The SMILES string of the molecule is c1ccc(-c2ccc(N3c4cc(-c5ccccc5)ccc4N(c4cccc5ccc6cccnc6c45)c4ccc(-c5ccccc5)cc43)cc2)cc1. The molecule has 0 fully saturated rings. The van der Waals surface area contributed by atoms with Crippen molar-refractivity contribution in [1.82, 2.24) is 4.98 Å². The van der Waals surface area contributed by atoms with Crippen LogP contribution in [0.25, 0.3) is 55.1 Å². The third-order valence-corrected chi connectivity index (χ3v) is 10.2. The number of anilines is 6. The Kier molecular flexibility index (Phi) is 7.14. The predicted octanol–water partition coefficient (Wildman–Crippen LogP) is 13.6. The van der Waals surface area contributed by atoms with E-state index in [2.05, 4.69) is 198 Å². The Morgan fingerprint density at radius 3 is 1.40 bits per heavy atom. The molecular weight excluding hydrogens is 631 g/mol. The van der Waals surface area contributed by atoms with Crippen molar-refractivity contribution in [2.75, 3.05) is 9.80 Å². The Labute approximate surface area is 303 Å². The Morgan fingerprint density at radius 2 is 0.808 bits per heavy atom. The molecule has 9 aromatic rings. The second-order valence-electron chi connectivity index (χ2n) is 13.2. The van der Waals surface area contributed by atoms with Gasteiger partial charge in [-0.3, -0.25) is 4.98 Å². The molecule has 10 rings (SSSR count). The highest BCUT2D eigenvalue weighted by atomic mass is 15.3. The van der Waals surface area contributed by atoms with Gasteiger partial charge in [0.2, 0.25) is 0 Å². The van der Waals surface area contributed by atoms with E-state index in [0.29, 0.717) is 0 Å². The minimum absolute atomic E-state index is 0.999. The molecule has 1 aromatic heterocycles. The van der Waals surface area contributed by atoms with E-state index in [-0.39, 0.29) is 0 Å². The Bertz CT molecular complexity index is 2630. The summed E-state index contributed by atoms with van der Waals surface area (Å²) in [4.78, 5) is 9.83. The normalized spacial score (nSPS) is 12.2. The molecule has 0 radical (unpaired) electrons. The van der Waals surface area contributed by atoms with Gasteiger partial charge >= 0.3 is 0 Å². The number of hydrogen-bond acceptors (Lipinski definition) is 3. The molecule has 0 aliphatic carbocycles. The van der Waals surface area contributed by atoms with Crippen molar-refractivity contribution in [1.29, 1.82) is 0 Å². The first kappa shape index (κ1) is 29.9. The fourth-order valence-corrected chi connectivity index (χ4v) is 7.72. The summed E-state index contributed by atoms with van der Waals surface area (Å²) in [5.74, 6) is 0. The minimum Gasteiger partial charge on any atom is -0.306 e. The summed E-state index contributed by atoms with van der Waals surface area (Å²) in [6.07, 6.45) is 1.90. The molecule has 0 bridgehead atoms. The van der Waals surface area contributed by atoms with Crippen LogP contribution in [0.15, 0.2) is 200 Å². The summed E-state index contributed by atoms with van der Waals surface area (Å²) < 4.78 is 0. The number of rotatable bonds is 5. The van der Waals surface area contributed by atoms with Gasteiger partial charge in [0, 0.05) is 22.7 Å². The highest BCUT2D eigenvalue weighted by Crippen LogP contribution is 2.57. The van der Waals surface area contributed by atoms with E-state index in [4.69, 9.17) is 4.98 Å². The molecule has 0 saturated heterocycles. The molecule has 0 amide bonds. The lowest BCUT2D eigenvalue weighted by Gasteiger charge is -2.41. The quantitative estimate of drug-likeness (QED) is 0.171. The summed E-state index contributed by atoms with van der Waals surface area (Å²) in [5.41, 5.74) is 14.7. The molecule has 8 aromatic carbocycles. The molecule has 244 valence electrons. The van der Waals surface area contributed by atoms with Crippen LogP contribution in [-0.2, 0) is 0 Å². The van der Waals surface area contributed by atoms with Crippen LogP contribution >= 0.6 is 0 Å². The van der Waals surface area contributed by atoms with Gasteiger partial charge in [0.25, 0.3) is 0 Å². The molecule has 3 heteroatoms. The van der Waals surface area contributed by atoms with Crippen LogP contribution < -0.4 is 9.80 Å². The van der Waals surface area contributed by atoms with Crippen molar-refractivity contribution in [3.63, 3.8) is 0 Å². The lowest BCUT2D eigenvalue weighted by molar-refractivity contribution is 1.18. The Morgan fingerprint density at radius 1 is 0.308 bits per heavy atom. The van der Waals surface area contributed by atoms with E-state index in [1.165, 1.54) is 22.3 Å². The fourth-order valence-electron chi connectivity index (χ4n) is 7.72. The number of fused-ring (bicyclic) bond motifs is 5. The van der Waals surface area contributed by atoms with Crippen molar-refractivity contribution in [2.45, 2.75) is 0 Å². The van der Waals surface area contributed by atoms with E-state index in [0.717, 1.165) is 66.9 Å². The zero-order chi connectivity index (χ0) is 34.4. The number of hydrogen-bond donors (Lipinski definition) is 0. The van der Waals surface area contributed by atoms with Crippen LogP contribution in [0, 0.1) is 0 Å². The van der Waals surface area contributed by atoms with E-state index < -0.39 is 0 Å². The molecule has 0 saturated carbocycles. The van der Waals surface area contributed by atoms with Crippen molar-refractivity contribution in [3.8, 4) is 33.4 Å². The topological polar surface area (TPSA) is 19.4 Å². The average molecular weight is 664 g/mol. The first-order valence-corrected chi connectivity index (χ1v) is 17.7. The minimum atomic E-state index is 0.999. The zero-order valence-corrected chi connectivity index (χ0v) is 28.4. The number of nitrogens with zero attached hydrogens (tertiary/aromatic N) is 3. The van der Waals surface area contributed by atoms with Crippen LogP contribution in [0.3, 0.4) is 0 Å². The predicted molar refractivity (Wildman–Crippen MR) is 218 cm³/mol. The lowest BCUT2D eigenvalue weighted by atomic mass is 9.96. The highest BCUT2D eigenvalue weighted by molar-refractivity contribution is 6.16. The van der Waals surface area contributed by atoms with Gasteiger partial charge in [0.15, 0.2) is 0 Å². The van der Waals surface area contributed by atoms with E-state index in [1.54, 1.807) is 0 Å². The van der Waals surface area contributed by atoms with Crippen LogP contribution in [0.2, 0.25) is 0 Å². The fraction of sp³-hybridized carbons (Fsp3) is 0. The van der Waals surface area contributed by atoms with Gasteiger partial charge in [-0.05, 0) is 87.3 Å². The molecule has 1 aliphatic rings. The second-order valence-corrected chi connectivity index (χ2v) is 13.2. The highest BCUT2D eigenvalue weighted by Gasteiger charge is 2.32. The average Bonchev–Trinajstić information content (AvgIpc) is 3.23. The molecule has 0 N–H and O–H groups in total. The lowest BCUT2D eigenvalue weighted by Crippen LogP contribution is -2.24. The second kappa shape index (κ2) is 12.4. The van der Waals surface area contributed by atoms with Crippen molar-refractivity contribution in [3.05, 3.63) is 200 Å². The van der Waals surface area contributed by atoms with E-state index in [1.807, 2.05) is 12.3 Å². The van der Waals surface area contributed by atoms with Gasteiger partial charge in [-0.1, -0.05) is 146 Å². The maximum atomic E-state index is 4.94. The summed E-state index contributed by atoms with van der Waals surface area (Å²) in [6, 6.07) is 69.8. The van der Waals surface area contributed by atoms with Gasteiger partial charge in [0.05, 0.1) is 34.0 Å². The van der Waals surface area contributed by atoms with E-state index in [9.17, 15) is 0 Å². The molecule has 0 atom stereocenters. The molecule has 0 spiro atoms. The molecule has 52 heavy (non-hydrogen) atoms. The Balaban J connectivity index is 1.26. The molecule has 2 heterocycles. The summed E-state index contributed by atoms with van der Waals surface area (Å²) >= 11 is 0. The standard InChI is InChI=1S/C49H33N3/c1-4-12-34(13-5-1)37-23-27-42(28-24-37)51-46-32-40(35-14-6-2-7-15-35)25-29-43(46)52(44-30-26-41(33-47(44)51)36-16-8-3-9-17-36)45-20-10-18-38-21-22-39-19-11-31-50-49(39)48(38)45/h1-33H. The van der Waals surface area contributed by atoms with Gasteiger partial charge in [-0.25, -0.2) is 0 Å². The van der Waals surface area contributed by atoms with Gasteiger partial charge in [0.1, 0.15) is 0 Å². The third kappa shape index (κ3) is 5.02. The van der Waals surface area contributed by atoms with Gasteiger partial charge in [-0.15, -0.1) is 0 Å².